The fourth-order valence-electron chi connectivity index (χ4n) is 1.12. The third-order valence-electron chi connectivity index (χ3n) is 1.89. The smallest absolute Gasteiger partial charge is 0.339 e. The Morgan fingerprint density at radius 2 is 2.40 bits per heavy atom. The molecule has 82 valence electrons. The highest BCUT2D eigenvalue weighted by molar-refractivity contribution is 5.92. The molecule has 1 heterocycles. The lowest BCUT2D eigenvalue weighted by Crippen LogP contribution is -2.13. The Morgan fingerprint density at radius 1 is 1.67 bits per heavy atom. The second kappa shape index (κ2) is 5.31. The number of carboxylic acid groups (broad SMARTS) is 1. The number of carboxylic acids is 1. The van der Waals surface area contributed by atoms with E-state index in [-0.39, 0.29) is 5.56 Å². The molecule has 0 unspecified atom stereocenters. The van der Waals surface area contributed by atoms with Crippen LogP contribution in [0.1, 0.15) is 23.7 Å². The van der Waals surface area contributed by atoms with Crippen LogP contribution < -0.4 is 5.32 Å². The Hall–Kier alpha value is -1.62. The van der Waals surface area contributed by atoms with Crippen molar-refractivity contribution in [3.63, 3.8) is 0 Å². The van der Waals surface area contributed by atoms with Gasteiger partial charge in [0.1, 0.15) is 11.4 Å². The van der Waals surface area contributed by atoms with Gasteiger partial charge in [-0.15, -0.1) is 0 Å². The molecule has 1 aromatic heterocycles. The average molecular weight is 210 g/mol. The minimum atomic E-state index is -1.01. The maximum atomic E-state index is 10.8. The second-order valence-electron chi connectivity index (χ2n) is 3.27. The highest BCUT2D eigenvalue weighted by Gasteiger charge is 2.09. The van der Waals surface area contributed by atoms with Crippen molar-refractivity contribution in [2.24, 2.45) is 0 Å². The van der Waals surface area contributed by atoms with Gasteiger partial charge in [0.05, 0.1) is 6.10 Å². The summed E-state index contributed by atoms with van der Waals surface area (Å²) in [7, 11) is 0. The lowest BCUT2D eigenvalue weighted by molar-refractivity contribution is 0.0697. The molecule has 5 heteroatoms. The van der Waals surface area contributed by atoms with Crippen LogP contribution in [-0.2, 0) is 0 Å². The van der Waals surface area contributed by atoms with Gasteiger partial charge in [-0.25, -0.2) is 9.78 Å². The van der Waals surface area contributed by atoms with Gasteiger partial charge in [-0.2, -0.15) is 0 Å². The summed E-state index contributed by atoms with van der Waals surface area (Å²) in [5.41, 5.74) is 0.142. The maximum Gasteiger partial charge on any atom is 0.339 e. The Morgan fingerprint density at radius 3 is 3.00 bits per heavy atom. The van der Waals surface area contributed by atoms with E-state index in [0.717, 1.165) is 0 Å². The summed E-state index contributed by atoms with van der Waals surface area (Å²) in [6, 6.07) is 3.06. The van der Waals surface area contributed by atoms with Crippen molar-refractivity contribution < 1.29 is 15.0 Å². The molecule has 0 aliphatic carbocycles. The van der Waals surface area contributed by atoms with E-state index >= 15 is 0 Å². The zero-order chi connectivity index (χ0) is 11.3. The molecule has 0 aromatic carbocycles. The second-order valence-corrected chi connectivity index (χ2v) is 3.27. The highest BCUT2D eigenvalue weighted by atomic mass is 16.4. The van der Waals surface area contributed by atoms with Crippen LogP contribution in [0.5, 0.6) is 0 Å². The third-order valence-corrected chi connectivity index (χ3v) is 1.89. The van der Waals surface area contributed by atoms with Crippen molar-refractivity contribution in [3.8, 4) is 0 Å². The van der Waals surface area contributed by atoms with E-state index in [1.807, 2.05) is 0 Å². The van der Waals surface area contributed by atoms with Crippen LogP contribution in [-0.4, -0.2) is 33.8 Å². The number of pyridine rings is 1. The molecule has 0 saturated carbocycles. The lowest BCUT2D eigenvalue weighted by atomic mass is 10.2. The summed E-state index contributed by atoms with van der Waals surface area (Å²) in [5.74, 6) is -0.673. The molecular weight excluding hydrogens is 196 g/mol. The van der Waals surface area contributed by atoms with E-state index in [1.165, 1.54) is 12.3 Å². The van der Waals surface area contributed by atoms with Crippen LogP contribution in [0.15, 0.2) is 18.3 Å². The molecule has 0 aliphatic rings. The number of aliphatic hydroxyl groups is 1. The Balaban J connectivity index is 2.63. The Labute approximate surface area is 87.8 Å². The first kappa shape index (κ1) is 11.5. The Kier molecular flexibility index (Phi) is 4.05. The molecule has 1 atom stereocenters. The molecule has 0 spiro atoms. The molecule has 0 fully saturated rings. The number of aromatic nitrogens is 1. The summed E-state index contributed by atoms with van der Waals surface area (Å²) < 4.78 is 0. The van der Waals surface area contributed by atoms with Crippen LogP contribution in [0, 0.1) is 0 Å². The van der Waals surface area contributed by atoms with Crippen LogP contribution in [0.2, 0.25) is 0 Å². The van der Waals surface area contributed by atoms with Crippen LogP contribution in [0.4, 0.5) is 5.82 Å². The zero-order valence-corrected chi connectivity index (χ0v) is 8.47. The normalized spacial score (nSPS) is 12.1. The van der Waals surface area contributed by atoms with E-state index < -0.39 is 12.1 Å². The first-order valence-corrected chi connectivity index (χ1v) is 4.71. The van der Waals surface area contributed by atoms with Gasteiger partial charge in [-0.3, -0.25) is 0 Å². The molecule has 15 heavy (non-hydrogen) atoms. The SMILES string of the molecule is C[C@@H](O)CCNc1ncccc1C(=O)O. The first-order chi connectivity index (χ1) is 7.11. The largest absolute Gasteiger partial charge is 0.478 e. The van der Waals surface area contributed by atoms with Crippen LogP contribution in [0.3, 0.4) is 0 Å². The highest BCUT2D eigenvalue weighted by Crippen LogP contribution is 2.11. The predicted molar refractivity (Wildman–Crippen MR) is 56.0 cm³/mol. The molecule has 1 rings (SSSR count). The van der Waals surface area contributed by atoms with E-state index in [1.54, 1.807) is 13.0 Å². The molecule has 0 radical (unpaired) electrons. The van der Waals surface area contributed by atoms with Gasteiger partial charge in [0.15, 0.2) is 0 Å². The van der Waals surface area contributed by atoms with Crippen molar-refractivity contribution in [2.45, 2.75) is 19.4 Å². The van der Waals surface area contributed by atoms with Gasteiger partial charge in [0.25, 0.3) is 0 Å². The number of nitrogens with zero attached hydrogens (tertiary/aromatic N) is 1. The summed E-state index contributed by atoms with van der Waals surface area (Å²) in [6.45, 7) is 2.17. The molecule has 5 nitrogen and oxygen atoms in total. The number of anilines is 1. The zero-order valence-electron chi connectivity index (χ0n) is 8.47. The van der Waals surface area contributed by atoms with Gasteiger partial charge < -0.3 is 15.5 Å². The molecule has 0 bridgehead atoms. The number of nitrogens with one attached hydrogen (secondary N) is 1. The fraction of sp³-hybridized carbons (Fsp3) is 0.400. The van der Waals surface area contributed by atoms with E-state index in [4.69, 9.17) is 10.2 Å². The molecule has 0 saturated heterocycles. The standard InChI is InChI=1S/C10H14N2O3/c1-7(13)4-6-12-9-8(10(14)15)3-2-5-11-9/h2-3,5,7,13H,4,6H2,1H3,(H,11,12)(H,14,15)/t7-/m1/s1. The minimum Gasteiger partial charge on any atom is -0.478 e. The number of rotatable bonds is 5. The van der Waals surface area contributed by atoms with E-state index in [9.17, 15) is 4.79 Å². The summed E-state index contributed by atoms with van der Waals surface area (Å²) in [4.78, 5) is 14.7. The number of aromatic carboxylic acids is 1. The van der Waals surface area contributed by atoms with E-state index in [2.05, 4.69) is 10.3 Å². The number of hydrogen-bond donors (Lipinski definition) is 3. The molecular formula is C10H14N2O3. The van der Waals surface area contributed by atoms with Gasteiger partial charge >= 0.3 is 5.97 Å². The first-order valence-electron chi connectivity index (χ1n) is 4.71. The minimum absolute atomic E-state index is 0.142. The van der Waals surface area contributed by atoms with Gasteiger partial charge in [-0.05, 0) is 25.5 Å². The Bertz CT molecular complexity index is 339. The van der Waals surface area contributed by atoms with Crippen molar-refractivity contribution >= 4 is 11.8 Å². The fourth-order valence-corrected chi connectivity index (χ4v) is 1.12. The molecule has 0 aliphatic heterocycles. The van der Waals surface area contributed by atoms with Crippen LogP contribution in [0.25, 0.3) is 0 Å². The summed E-state index contributed by atoms with van der Waals surface area (Å²) in [6.07, 6.45) is 1.67. The quantitative estimate of drug-likeness (QED) is 0.674. The van der Waals surface area contributed by atoms with Gasteiger partial charge in [0, 0.05) is 12.7 Å². The lowest BCUT2D eigenvalue weighted by Gasteiger charge is -2.08. The maximum absolute atomic E-state index is 10.8. The van der Waals surface area contributed by atoms with E-state index in [0.29, 0.717) is 18.8 Å². The third kappa shape index (κ3) is 3.55. The summed E-state index contributed by atoms with van der Waals surface area (Å²) in [5, 5.41) is 20.8. The monoisotopic (exact) mass is 210 g/mol. The molecule has 1 aromatic rings. The van der Waals surface area contributed by atoms with Gasteiger partial charge in [-0.1, -0.05) is 0 Å². The molecule has 3 N–H and O–H groups in total. The van der Waals surface area contributed by atoms with Crippen molar-refractivity contribution in [1.29, 1.82) is 0 Å². The number of hydrogen-bond acceptors (Lipinski definition) is 4. The summed E-state index contributed by atoms with van der Waals surface area (Å²) >= 11 is 0. The van der Waals surface area contributed by atoms with Crippen molar-refractivity contribution in [2.75, 3.05) is 11.9 Å². The van der Waals surface area contributed by atoms with Crippen LogP contribution >= 0.6 is 0 Å². The average Bonchev–Trinajstić information content (AvgIpc) is 2.17. The van der Waals surface area contributed by atoms with Gasteiger partial charge in [0.2, 0.25) is 0 Å². The van der Waals surface area contributed by atoms with Crippen molar-refractivity contribution in [1.82, 2.24) is 4.98 Å². The number of carbonyl (C=O) groups is 1. The topological polar surface area (TPSA) is 82.5 Å². The number of aliphatic hydroxyl groups excluding tert-OH is 1. The predicted octanol–water partition coefficient (Wildman–Crippen LogP) is 0.963. The van der Waals surface area contributed by atoms with Crippen molar-refractivity contribution in [3.05, 3.63) is 23.9 Å². The molecule has 0 amide bonds.